The molecule has 0 saturated heterocycles. The van der Waals surface area contributed by atoms with Gasteiger partial charge in [0, 0.05) is 13.1 Å². The van der Waals surface area contributed by atoms with Gasteiger partial charge < -0.3 is 10.1 Å². The standard InChI is InChI=1S/C21H27N3O4S/c1-28-19(26)11-12-24-20(27)16-9-5-6-10-17(16)23-21(24)29-14-18(25)22-13-15-7-3-2-4-8-15/h5-6,9-10,15H,2-4,7-8,11-14H2,1H3,(H,22,25). The number of ether oxygens (including phenoxy) is 1. The highest BCUT2D eigenvalue weighted by Crippen LogP contribution is 2.23. The topological polar surface area (TPSA) is 90.3 Å². The van der Waals surface area contributed by atoms with Crippen molar-refractivity contribution in [3.63, 3.8) is 0 Å². The minimum absolute atomic E-state index is 0.0671. The fourth-order valence-corrected chi connectivity index (χ4v) is 4.45. The number of thioether (sulfide) groups is 1. The quantitative estimate of drug-likeness (QED) is 0.404. The molecule has 1 saturated carbocycles. The van der Waals surface area contributed by atoms with E-state index in [0.717, 1.165) is 0 Å². The highest BCUT2D eigenvalue weighted by Gasteiger charge is 2.16. The van der Waals surface area contributed by atoms with E-state index in [1.165, 1.54) is 55.5 Å². The lowest BCUT2D eigenvalue weighted by Gasteiger charge is -2.21. The maximum Gasteiger partial charge on any atom is 0.307 e. The zero-order valence-electron chi connectivity index (χ0n) is 16.7. The Morgan fingerprint density at radius 1 is 1.24 bits per heavy atom. The zero-order chi connectivity index (χ0) is 20.6. The van der Waals surface area contributed by atoms with Crippen LogP contribution in [0.1, 0.15) is 38.5 Å². The molecule has 2 aromatic rings. The summed E-state index contributed by atoms with van der Waals surface area (Å²) in [6.45, 7) is 0.870. The molecule has 1 fully saturated rings. The van der Waals surface area contributed by atoms with Gasteiger partial charge in [-0.05, 0) is 30.9 Å². The van der Waals surface area contributed by atoms with Crippen molar-refractivity contribution in [3.8, 4) is 0 Å². The van der Waals surface area contributed by atoms with Crippen LogP contribution in [0.5, 0.6) is 0 Å². The number of hydrogen-bond acceptors (Lipinski definition) is 6. The molecule has 0 spiro atoms. The van der Waals surface area contributed by atoms with Crippen LogP contribution in [0.4, 0.5) is 0 Å². The Balaban J connectivity index is 1.69. The third kappa shape index (κ3) is 5.82. The largest absolute Gasteiger partial charge is 0.469 e. The number of para-hydroxylation sites is 1. The minimum Gasteiger partial charge on any atom is -0.469 e. The van der Waals surface area contributed by atoms with E-state index in [4.69, 9.17) is 0 Å². The lowest BCUT2D eigenvalue weighted by molar-refractivity contribution is -0.140. The molecular weight excluding hydrogens is 390 g/mol. The van der Waals surface area contributed by atoms with Crippen molar-refractivity contribution in [1.82, 2.24) is 14.9 Å². The Bertz CT molecular complexity index is 922. The second-order valence-corrected chi connectivity index (χ2v) is 8.23. The van der Waals surface area contributed by atoms with E-state index < -0.39 is 5.97 Å². The number of nitrogens with zero attached hydrogens (tertiary/aromatic N) is 2. The van der Waals surface area contributed by atoms with Crippen LogP contribution in [0.25, 0.3) is 10.9 Å². The van der Waals surface area contributed by atoms with Crippen molar-refractivity contribution in [2.24, 2.45) is 5.92 Å². The van der Waals surface area contributed by atoms with Crippen LogP contribution in [0.15, 0.2) is 34.2 Å². The first-order valence-corrected chi connectivity index (χ1v) is 11.0. The summed E-state index contributed by atoms with van der Waals surface area (Å²) < 4.78 is 6.14. The maximum atomic E-state index is 12.9. The SMILES string of the molecule is COC(=O)CCn1c(SCC(=O)NCC2CCCCC2)nc2ccccc2c1=O. The van der Waals surface area contributed by atoms with Crippen molar-refractivity contribution in [2.75, 3.05) is 19.4 Å². The summed E-state index contributed by atoms with van der Waals surface area (Å²) in [5.74, 6) is 0.277. The predicted octanol–water partition coefficient (Wildman–Crippen LogP) is 2.75. The van der Waals surface area contributed by atoms with Gasteiger partial charge in [0.2, 0.25) is 5.91 Å². The second kappa shape index (κ2) is 10.4. The summed E-state index contributed by atoms with van der Waals surface area (Å²) in [6.07, 6.45) is 6.18. The molecule has 1 aliphatic carbocycles. The van der Waals surface area contributed by atoms with E-state index >= 15 is 0 Å². The average molecular weight is 418 g/mol. The lowest BCUT2D eigenvalue weighted by atomic mass is 9.89. The molecule has 1 amide bonds. The first kappa shape index (κ1) is 21.4. The van der Waals surface area contributed by atoms with Crippen LogP contribution in [0.3, 0.4) is 0 Å². The zero-order valence-corrected chi connectivity index (χ0v) is 17.5. The molecule has 1 aliphatic rings. The molecule has 0 bridgehead atoms. The monoisotopic (exact) mass is 417 g/mol. The fourth-order valence-electron chi connectivity index (χ4n) is 3.59. The summed E-state index contributed by atoms with van der Waals surface area (Å²) in [6, 6.07) is 7.08. The number of amides is 1. The van der Waals surface area contributed by atoms with Gasteiger partial charge in [0.15, 0.2) is 5.16 Å². The number of hydrogen-bond donors (Lipinski definition) is 1. The number of fused-ring (bicyclic) bond motifs is 1. The van der Waals surface area contributed by atoms with Gasteiger partial charge in [0.1, 0.15) is 0 Å². The Labute approximate surface area is 174 Å². The van der Waals surface area contributed by atoms with Crippen LogP contribution in [-0.2, 0) is 20.9 Å². The van der Waals surface area contributed by atoms with Crippen LogP contribution in [0.2, 0.25) is 0 Å². The van der Waals surface area contributed by atoms with E-state index in [1.54, 1.807) is 18.2 Å². The molecule has 7 nitrogen and oxygen atoms in total. The van der Waals surface area contributed by atoms with E-state index in [2.05, 4.69) is 15.0 Å². The van der Waals surface area contributed by atoms with E-state index in [-0.39, 0.29) is 30.2 Å². The van der Waals surface area contributed by atoms with Gasteiger partial charge in [0.05, 0.1) is 30.2 Å². The summed E-state index contributed by atoms with van der Waals surface area (Å²) in [7, 11) is 1.32. The molecule has 156 valence electrons. The van der Waals surface area contributed by atoms with Crippen LogP contribution < -0.4 is 10.9 Å². The van der Waals surface area contributed by atoms with Gasteiger partial charge in [-0.15, -0.1) is 0 Å². The van der Waals surface area contributed by atoms with Crippen molar-refractivity contribution in [2.45, 2.75) is 50.2 Å². The van der Waals surface area contributed by atoms with Crippen LogP contribution in [0, 0.1) is 5.92 Å². The number of aromatic nitrogens is 2. The highest BCUT2D eigenvalue weighted by atomic mass is 32.2. The van der Waals surface area contributed by atoms with Gasteiger partial charge >= 0.3 is 5.97 Å². The molecule has 1 aromatic heterocycles. The van der Waals surface area contributed by atoms with E-state index in [9.17, 15) is 14.4 Å². The van der Waals surface area contributed by atoms with Gasteiger partial charge in [-0.1, -0.05) is 43.2 Å². The van der Waals surface area contributed by atoms with Crippen molar-refractivity contribution >= 4 is 34.5 Å². The molecule has 1 N–H and O–H groups in total. The van der Waals surface area contributed by atoms with Crippen LogP contribution in [-0.4, -0.2) is 40.8 Å². The van der Waals surface area contributed by atoms with Gasteiger partial charge in [-0.25, -0.2) is 4.98 Å². The number of carbonyl (C=O) groups is 2. The lowest BCUT2D eigenvalue weighted by Crippen LogP contribution is -2.32. The van der Waals surface area contributed by atoms with Crippen molar-refractivity contribution in [1.29, 1.82) is 0 Å². The number of methoxy groups -OCH3 is 1. The Hall–Kier alpha value is -2.35. The second-order valence-electron chi connectivity index (χ2n) is 7.29. The fraction of sp³-hybridized carbons (Fsp3) is 0.524. The molecule has 0 aliphatic heterocycles. The molecule has 0 atom stereocenters. The number of carbonyl (C=O) groups excluding carboxylic acids is 2. The molecule has 0 radical (unpaired) electrons. The molecule has 29 heavy (non-hydrogen) atoms. The number of rotatable bonds is 8. The molecule has 8 heteroatoms. The average Bonchev–Trinajstić information content (AvgIpc) is 2.76. The summed E-state index contributed by atoms with van der Waals surface area (Å²) in [5, 5.41) is 3.93. The number of nitrogens with one attached hydrogen (secondary N) is 1. The predicted molar refractivity (Wildman–Crippen MR) is 113 cm³/mol. The van der Waals surface area contributed by atoms with Gasteiger partial charge in [-0.3, -0.25) is 19.0 Å². The molecule has 1 aromatic carbocycles. The normalized spacial score (nSPS) is 14.7. The molecule has 0 unspecified atom stereocenters. The smallest absolute Gasteiger partial charge is 0.307 e. The Morgan fingerprint density at radius 2 is 2.00 bits per heavy atom. The summed E-state index contributed by atoms with van der Waals surface area (Å²) >= 11 is 1.22. The van der Waals surface area contributed by atoms with E-state index in [0.29, 0.717) is 28.5 Å². The number of benzene rings is 1. The molecular formula is C21H27N3O4S. The highest BCUT2D eigenvalue weighted by molar-refractivity contribution is 7.99. The summed E-state index contributed by atoms with van der Waals surface area (Å²) in [5.41, 5.74) is 0.363. The van der Waals surface area contributed by atoms with Crippen LogP contribution >= 0.6 is 11.8 Å². The minimum atomic E-state index is -0.397. The molecule has 1 heterocycles. The first-order chi connectivity index (χ1) is 14.1. The third-order valence-electron chi connectivity index (χ3n) is 5.24. The maximum absolute atomic E-state index is 12.9. The van der Waals surface area contributed by atoms with Crippen molar-refractivity contribution in [3.05, 3.63) is 34.6 Å². The van der Waals surface area contributed by atoms with Gasteiger partial charge in [0.25, 0.3) is 5.56 Å². The number of esters is 1. The van der Waals surface area contributed by atoms with E-state index in [1.807, 2.05) is 6.07 Å². The van der Waals surface area contributed by atoms with Gasteiger partial charge in [-0.2, -0.15) is 0 Å². The third-order valence-corrected chi connectivity index (χ3v) is 6.22. The molecule has 3 rings (SSSR count). The Kier molecular flexibility index (Phi) is 7.69. The van der Waals surface area contributed by atoms with Crippen molar-refractivity contribution < 1.29 is 14.3 Å². The first-order valence-electron chi connectivity index (χ1n) is 10.0. The summed E-state index contributed by atoms with van der Waals surface area (Å²) in [4.78, 5) is 41.3. The Morgan fingerprint density at radius 3 is 2.76 bits per heavy atom.